The van der Waals surface area contributed by atoms with Crippen LogP contribution in [-0.2, 0) is 33.6 Å². The van der Waals surface area contributed by atoms with Gasteiger partial charge in [-0.15, -0.1) is 0 Å². The van der Waals surface area contributed by atoms with Gasteiger partial charge in [-0.05, 0) is 32.2 Å². The number of rotatable bonds is 19. The van der Waals surface area contributed by atoms with Crippen LogP contribution >= 0.6 is 0 Å². The Labute approximate surface area is 206 Å². The molecule has 0 aromatic carbocycles. The lowest BCUT2D eigenvalue weighted by molar-refractivity contribution is -0.144. The van der Waals surface area contributed by atoms with E-state index in [4.69, 9.17) is 32.5 Å². The second kappa shape index (κ2) is 16.8. The lowest BCUT2D eigenvalue weighted by Gasteiger charge is -2.24. The molecular weight excluding hydrogens is 484 g/mol. The average molecular weight is 519 g/mol. The molecular formula is C20H34N6O10. The quantitative estimate of drug-likeness (QED) is 0.0755. The van der Waals surface area contributed by atoms with Gasteiger partial charge in [-0.2, -0.15) is 0 Å². The van der Waals surface area contributed by atoms with Gasteiger partial charge in [0.05, 0.1) is 12.5 Å². The number of primary amides is 1. The van der Waals surface area contributed by atoms with E-state index in [1.54, 1.807) is 0 Å². The highest BCUT2D eigenvalue weighted by atomic mass is 16.4. The number of unbranched alkanes of at least 4 members (excludes halogenated alkanes) is 1. The van der Waals surface area contributed by atoms with Crippen LogP contribution < -0.4 is 33.2 Å². The molecule has 0 aliphatic heterocycles. The van der Waals surface area contributed by atoms with Crippen LogP contribution in [0.5, 0.6) is 0 Å². The summed E-state index contributed by atoms with van der Waals surface area (Å²) in [6, 6.07) is -5.80. The fourth-order valence-corrected chi connectivity index (χ4v) is 2.94. The van der Waals surface area contributed by atoms with Gasteiger partial charge >= 0.3 is 17.9 Å². The molecule has 0 saturated carbocycles. The molecule has 0 heterocycles. The molecule has 204 valence electrons. The zero-order valence-electron chi connectivity index (χ0n) is 19.6. The second-order valence-electron chi connectivity index (χ2n) is 7.95. The van der Waals surface area contributed by atoms with Crippen LogP contribution in [0.4, 0.5) is 0 Å². The number of nitrogens with one attached hydrogen (secondary N) is 3. The Morgan fingerprint density at radius 2 is 1.11 bits per heavy atom. The van der Waals surface area contributed by atoms with E-state index < -0.39 is 91.4 Å². The molecule has 0 fully saturated rings. The van der Waals surface area contributed by atoms with Crippen molar-refractivity contribution in [1.29, 1.82) is 0 Å². The highest BCUT2D eigenvalue weighted by molar-refractivity contribution is 5.95. The number of carbonyl (C=O) groups excluding carboxylic acids is 4. The molecule has 4 unspecified atom stereocenters. The number of amides is 4. The Morgan fingerprint density at radius 1 is 0.667 bits per heavy atom. The van der Waals surface area contributed by atoms with Crippen LogP contribution in [0.2, 0.25) is 0 Å². The first-order chi connectivity index (χ1) is 16.8. The fourth-order valence-electron chi connectivity index (χ4n) is 2.94. The fraction of sp³-hybridized carbons (Fsp3) is 0.650. The largest absolute Gasteiger partial charge is 0.481 e. The summed E-state index contributed by atoms with van der Waals surface area (Å²) in [5, 5.41) is 33.6. The molecule has 0 bridgehead atoms. The minimum Gasteiger partial charge on any atom is -0.481 e. The minimum absolute atomic E-state index is 0.246. The smallest absolute Gasteiger partial charge is 0.326 e. The van der Waals surface area contributed by atoms with Gasteiger partial charge in [0.15, 0.2) is 0 Å². The molecule has 4 amide bonds. The van der Waals surface area contributed by atoms with Crippen molar-refractivity contribution in [3.63, 3.8) is 0 Å². The van der Waals surface area contributed by atoms with Crippen molar-refractivity contribution < 1.29 is 48.9 Å². The normalized spacial score (nSPS) is 13.9. The third kappa shape index (κ3) is 13.8. The molecule has 0 aliphatic rings. The maximum atomic E-state index is 12.8. The maximum absolute atomic E-state index is 12.8. The number of aliphatic carboxylic acids is 3. The predicted octanol–water partition coefficient (Wildman–Crippen LogP) is -3.41. The number of hydrogen-bond donors (Lipinski definition) is 9. The minimum atomic E-state index is -1.74. The predicted molar refractivity (Wildman–Crippen MR) is 122 cm³/mol. The molecule has 0 saturated heterocycles. The molecule has 36 heavy (non-hydrogen) atoms. The molecule has 0 aliphatic carbocycles. The third-order valence-electron chi connectivity index (χ3n) is 4.89. The van der Waals surface area contributed by atoms with Gasteiger partial charge in [0.2, 0.25) is 23.6 Å². The topological polar surface area (TPSA) is 294 Å². The Kier molecular flexibility index (Phi) is 15.0. The first-order valence-electron chi connectivity index (χ1n) is 11.1. The summed E-state index contributed by atoms with van der Waals surface area (Å²) in [5.41, 5.74) is 16.1. The van der Waals surface area contributed by atoms with Crippen molar-refractivity contribution in [2.75, 3.05) is 6.54 Å². The number of carbonyl (C=O) groups is 7. The van der Waals surface area contributed by atoms with Gasteiger partial charge in [-0.25, -0.2) is 4.79 Å². The molecule has 0 rings (SSSR count). The van der Waals surface area contributed by atoms with E-state index in [-0.39, 0.29) is 12.8 Å². The SMILES string of the molecule is NCCCCC(N)C(=O)NC(CCC(=O)O)C(=O)NC(CCC(=O)O)C(=O)NC(CC(N)=O)C(=O)O. The van der Waals surface area contributed by atoms with Crippen LogP contribution in [0.3, 0.4) is 0 Å². The standard InChI is InChI=1S/C20H34N6O10/c21-8-2-1-3-10(22)17(32)24-11(4-6-15(28)29)18(33)25-12(5-7-16(30)31)19(34)26-13(20(35)36)9-14(23)27/h10-13H,1-9,21-22H2,(H2,23,27)(H,24,32)(H,25,33)(H,26,34)(H,28,29)(H,30,31)(H,35,36). The Hall–Kier alpha value is -3.79. The molecule has 16 nitrogen and oxygen atoms in total. The van der Waals surface area contributed by atoms with Crippen LogP contribution in [-0.4, -0.2) is 87.6 Å². The van der Waals surface area contributed by atoms with E-state index in [0.717, 1.165) is 0 Å². The van der Waals surface area contributed by atoms with Gasteiger partial charge in [0.25, 0.3) is 0 Å². The van der Waals surface area contributed by atoms with Crippen molar-refractivity contribution in [2.24, 2.45) is 17.2 Å². The van der Waals surface area contributed by atoms with Crippen molar-refractivity contribution in [1.82, 2.24) is 16.0 Å². The number of hydrogen-bond acceptors (Lipinski definition) is 9. The first kappa shape index (κ1) is 32.2. The van der Waals surface area contributed by atoms with Gasteiger partial charge in [-0.1, -0.05) is 6.42 Å². The average Bonchev–Trinajstić information content (AvgIpc) is 2.77. The van der Waals surface area contributed by atoms with E-state index in [0.29, 0.717) is 19.4 Å². The summed E-state index contributed by atoms with van der Waals surface area (Å²) in [4.78, 5) is 82.2. The molecule has 0 aromatic rings. The van der Waals surface area contributed by atoms with Crippen LogP contribution in [0.25, 0.3) is 0 Å². The molecule has 4 atom stereocenters. The monoisotopic (exact) mass is 518 g/mol. The van der Waals surface area contributed by atoms with Crippen molar-refractivity contribution in [2.45, 2.75) is 75.5 Å². The van der Waals surface area contributed by atoms with Crippen molar-refractivity contribution in [3.8, 4) is 0 Å². The van der Waals surface area contributed by atoms with E-state index in [1.807, 2.05) is 5.32 Å². The third-order valence-corrected chi connectivity index (χ3v) is 4.89. The summed E-state index contributed by atoms with van der Waals surface area (Å²) in [7, 11) is 0. The molecule has 0 spiro atoms. The summed E-state index contributed by atoms with van der Waals surface area (Å²) >= 11 is 0. The zero-order chi connectivity index (χ0) is 27.8. The Morgan fingerprint density at radius 3 is 1.50 bits per heavy atom. The van der Waals surface area contributed by atoms with E-state index >= 15 is 0 Å². The number of nitrogens with two attached hydrogens (primary N) is 3. The van der Waals surface area contributed by atoms with E-state index in [2.05, 4.69) is 10.6 Å². The summed E-state index contributed by atoms with van der Waals surface area (Å²) in [6.45, 7) is 0.389. The highest BCUT2D eigenvalue weighted by Gasteiger charge is 2.31. The molecule has 16 heteroatoms. The van der Waals surface area contributed by atoms with Crippen LogP contribution in [0, 0.1) is 0 Å². The van der Waals surface area contributed by atoms with E-state index in [9.17, 15) is 33.6 Å². The maximum Gasteiger partial charge on any atom is 0.326 e. The summed E-state index contributed by atoms with van der Waals surface area (Å²) in [5.74, 6) is -8.13. The van der Waals surface area contributed by atoms with Gasteiger partial charge in [0.1, 0.15) is 18.1 Å². The van der Waals surface area contributed by atoms with Crippen LogP contribution in [0.1, 0.15) is 51.4 Å². The highest BCUT2D eigenvalue weighted by Crippen LogP contribution is 2.06. The summed E-state index contributed by atoms with van der Waals surface area (Å²) in [6.07, 6.45) is -1.38. The molecule has 0 aromatic heterocycles. The number of carboxylic acids is 3. The van der Waals surface area contributed by atoms with Crippen molar-refractivity contribution in [3.05, 3.63) is 0 Å². The zero-order valence-corrected chi connectivity index (χ0v) is 19.6. The Bertz CT molecular complexity index is 821. The van der Waals surface area contributed by atoms with Crippen LogP contribution in [0.15, 0.2) is 0 Å². The van der Waals surface area contributed by atoms with Crippen molar-refractivity contribution >= 4 is 41.5 Å². The Balaban J connectivity index is 5.59. The molecule has 12 N–H and O–H groups in total. The number of carboxylic acid groups (broad SMARTS) is 3. The summed E-state index contributed by atoms with van der Waals surface area (Å²) < 4.78 is 0. The van der Waals surface area contributed by atoms with Gasteiger partial charge in [0, 0.05) is 12.8 Å². The first-order valence-corrected chi connectivity index (χ1v) is 11.1. The lowest BCUT2D eigenvalue weighted by atomic mass is 10.1. The molecule has 0 radical (unpaired) electrons. The lowest BCUT2D eigenvalue weighted by Crippen LogP contribution is -2.57. The van der Waals surface area contributed by atoms with E-state index in [1.165, 1.54) is 0 Å². The van der Waals surface area contributed by atoms with Gasteiger partial charge in [-0.3, -0.25) is 28.8 Å². The second-order valence-corrected chi connectivity index (χ2v) is 7.95. The van der Waals surface area contributed by atoms with Gasteiger partial charge < -0.3 is 48.5 Å².